The number of unbranched alkanes of at least 4 members (excludes halogenated alkanes) is 2. The molecule has 1 heterocycles. The number of halogens is 1. The molecule has 0 spiro atoms. The van der Waals surface area contributed by atoms with Crippen LogP contribution in [0.1, 0.15) is 48.4 Å². The van der Waals surface area contributed by atoms with Crippen LogP contribution in [0.25, 0.3) is 11.1 Å². The van der Waals surface area contributed by atoms with Crippen LogP contribution in [0.5, 0.6) is 0 Å². The van der Waals surface area contributed by atoms with Gasteiger partial charge in [0.1, 0.15) is 5.82 Å². The maximum Gasteiger partial charge on any atom is 0.165 e. The number of aryl methyl sites for hydroxylation is 2. The molecule has 0 amide bonds. The van der Waals surface area contributed by atoms with Gasteiger partial charge in [0.05, 0.1) is 10.7 Å². The average molecular weight is 415 g/mol. The second-order valence-corrected chi connectivity index (χ2v) is 7.34. The molecule has 4 heteroatoms. The molecule has 0 radical (unpaired) electrons. The molecule has 0 aliphatic heterocycles. The summed E-state index contributed by atoms with van der Waals surface area (Å²) in [6, 6.07) is 16.1. The maximum absolute atomic E-state index is 14.1. The van der Waals surface area contributed by atoms with E-state index in [2.05, 4.69) is 82.5 Å². The number of aromatic nitrogens is 1. The third kappa shape index (κ3) is 5.70. The van der Waals surface area contributed by atoms with Crippen molar-refractivity contribution in [1.82, 2.24) is 4.98 Å². The first-order valence-corrected chi connectivity index (χ1v) is 10.5. The van der Waals surface area contributed by atoms with Gasteiger partial charge in [0.25, 0.3) is 0 Å². The van der Waals surface area contributed by atoms with Gasteiger partial charge in [0, 0.05) is 17.8 Å². The lowest BCUT2D eigenvalue weighted by Gasteiger charge is -2.07. The van der Waals surface area contributed by atoms with Crippen LogP contribution in [0.3, 0.4) is 0 Å². The van der Waals surface area contributed by atoms with Gasteiger partial charge in [-0.25, -0.2) is 9.37 Å². The highest BCUT2D eigenvalue weighted by Gasteiger charge is 2.04. The zero-order valence-corrected chi connectivity index (χ0v) is 18.0. The lowest BCUT2D eigenvalue weighted by atomic mass is 9.98. The highest BCUT2D eigenvalue weighted by Crippen LogP contribution is 2.23. The lowest BCUT2D eigenvalue weighted by molar-refractivity contribution is 0.622. The first kappa shape index (κ1) is 21.6. The van der Waals surface area contributed by atoms with Crippen molar-refractivity contribution in [3.05, 3.63) is 82.8 Å². The fraction of sp³-hybridized carbons (Fsp3) is 0.231. The van der Waals surface area contributed by atoms with Gasteiger partial charge < -0.3 is 0 Å². The van der Waals surface area contributed by atoms with E-state index >= 15 is 0 Å². The van der Waals surface area contributed by atoms with Gasteiger partial charge in [-0.3, -0.25) is 0 Å². The predicted octanol–water partition coefficient (Wildman–Crippen LogP) is 7.06. The normalized spacial score (nSPS) is 10.1. The lowest BCUT2D eigenvalue weighted by Crippen LogP contribution is -1.89. The van der Waals surface area contributed by atoms with Crippen molar-refractivity contribution in [1.29, 1.82) is 0 Å². The summed E-state index contributed by atoms with van der Waals surface area (Å²) in [6.07, 6.45) is 6.24. The fourth-order valence-electron chi connectivity index (χ4n) is 3.18. The van der Waals surface area contributed by atoms with Crippen LogP contribution in [0.4, 0.5) is 10.2 Å². The van der Waals surface area contributed by atoms with Gasteiger partial charge in [-0.1, -0.05) is 68.0 Å². The Labute approximate surface area is 182 Å². The molecule has 0 unspecified atom stereocenters. The molecule has 0 aliphatic rings. The van der Waals surface area contributed by atoms with Gasteiger partial charge in [-0.05, 0) is 60.3 Å². The van der Waals surface area contributed by atoms with Crippen molar-refractivity contribution in [2.75, 3.05) is 0 Å². The number of rotatable bonds is 6. The Morgan fingerprint density at radius 2 is 1.70 bits per heavy atom. The van der Waals surface area contributed by atoms with Gasteiger partial charge in [0.15, 0.2) is 5.82 Å². The minimum absolute atomic E-state index is 0.185. The minimum Gasteiger partial charge on any atom is -0.235 e. The van der Waals surface area contributed by atoms with E-state index in [0.29, 0.717) is 0 Å². The highest BCUT2D eigenvalue weighted by molar-refractivity contribution is 7.78. The first-order chi connectivity index (χ1) is 14.6. The largest absolute Gasteiger partial charge is 0.235 e. The number of nitrogens with zero attached hydrogens (tertiary/aromatic N) is 2. The summed E-state index contributed by atoms with van der Waals surface area (Å²) in [6.45, 7) is 4.24. The zero-order valence-electron chi connectivity index (χ0n) is 17.2. The Kier molecular flexibility index (Phi) is 7.63. The topological polar surface area (TPSA) is 25.2 Å². The molecule has 0 atom stereocenters. The molecule has 0 N–H and O–H groups in total. The van der Waals surface area contributed by atoms with Crippen LogP contribution >= 0.6 is 12.2 Å². The number of thiocarbonyl (C=S) groups is 1. The van der Waals surface area contributed by atoms with Gasteiger partial charge >= 0.3 is 0 Å². The van der Waals surface area contributed by atoms with Gasteiger partial charge in [-0.15, -0.1) is 0 Å². The molecule has 1 aromatic heterocycles. The zero-order chi connectivity index (χ0) is 21.3. The second kappa shape index (κ2) is 10.6. The number of hydrogen-bond acceptors (Lipinski definition) is 3. The third-order valence-corrected chi connectivity index (χ3v) is 5.01. The monoisotopic (exact) mass is 414 g/mol. The summed E-state index contributed by atoms with van der Waals surface area (Å²) in [5, 5.41) is 2.17. The minimum atomic E-state index is -0.477. The van der Waals surface area contributed by atoms with Crippen molar-refractivity contribution in [3.8, 4) is 23.0 Å². The SMILES string of the molecule is CCCCCc1ccc(-c2ccc(C#Cc3cnc(N=C=S)cc3F)c(C)c2)cc1. The predicted molar refractivity (Wildman–Crippen MR) is 125 cm³/mol. The molecule has 0 saturated heterocycles. The van der Waals surface area contributed by atoms with E-state index < -0.39 is 5.82 Å². The smallest absolute Gasteiger partial charge is 0.165 e. The maximum atomic E-state index is 14.1. The summed E-state index contributed by atoms with van der Waals surface area (Å²) in [4.78, 5) is 7.68. The summed E-state index contributed by atoms with van der Waals surface area (Å²) in [5.74, 6) is 5.60. The van der Waals surface area contributed by atoms with E-state index in [1.807, 2.05) is 13.0 Å². The Hall–Kier alpha value is -3.12. The summed E-state index contributed by atoms with van der Waals surface area (Å²) in [5.41, 5.74) is 5.83. The fourth-order valence-corrected chi connectivity index (χ4v) is 3.28. The number of benzene rings is 2. The molecule has 0 saturated carbocycles. The van der Waals surface area contributed by atoms with E-state index in [4.69, 9.17) is 0 Å². The number of hydrogen-bond donors (Lipinski definition) is 0. The summed E-state index contributed by atoms with van der Waals surface area (Å²) >= 11 is 4.51. The average Bonchev–Trinajstić information content (AvgIpc) is 2.75. The van der Waals surface area contributed by atoms with Gasteiger partial charge in [0.2, 0.25) is 0 Å². The highest BCUT2D eigenvalue weighted by atomic mass is 32.1. The molecule has 2 nitrogen and oxygen atoms in total. The molecule has 150 valence electrons. The van der Waals surface area contributed by atoms with E-state index in [0.717, 1.165) is 23.1 Å². The number of pyridine rings is 1. The Balaban J connectivity index is 1.76. The molecule has 0 bridgehead atoms. The van der Waals surface area contributed by atoms with E-state index in [1.165, 1.54) is 42.7 Å². The molecule has 30 heavy (non-hydrogen) atoms. The van der Waals surface area contributed by atoms with Crippen LogP contribution in [-0.2, 0) is 6.42 Å². The Bertz CT molecular complexity index is 1130. The number of isothiocyanates is 1. The molecule has 0 fully saturated rings. The Morgan fingerprint density at radius 1 is 0.967 bits per heavy atom. The van der Waals surface area contributed by atoms with Crippen LogP contribution in [-0.4, -0.2) is 10.1 Å². The van der Waals surface area contributed by atoms with Crippen LogP contribution < -0.4 is 0 Å². The van der Waals surface area contributed by atoms with Crippen molar-refractivity contribution >= 4 is 23.2 Å². The molecule has 2 aromatic carbocycles. The summed E-state index contributed by atoms with van der Waals surface area (Å²) < 4.78 is 14.1. The standard InChI is InChI=1S/C26H23FN2S/c1-3-4-5-6-20-7-9-22(10-8-20)23-13-11-21(19(2)15-23)12-14-24-17-28-26(29-18-30)16-25(24)27/h7-11,13,15-17H,3-6H2,1-2H3. The number of aliphatic imine (C=N–C) groups is 1. The van der Waals surface area contributed by atoms with E-state index in [9.17, 15) is 4.39 Å². The first-order valence-electron chi connectivity index (χ1n) is 10.1. The second-order valence-electron chi connectivity index (χ2n) is 7.16. The van der Waals surface area contributed by atoms with Crippen molar-refractivity contribution < 1.29 is 4.39 Å². The molecule has 0 aliphatic carbocycles. The third-order valence-electron chi connectivity index (χ3n) is 4.91. The van der Waals surface area contributed by atoms with E-state index in [1.54, 1.807) is 0 Å². The molecular formula is C26H23FN2S. The van der Waals surface area contributed by atoms with Crippen molar-refractivity contribution in [3.63, 3.8) is 0 Å². The van der Waals surface area contributed by atoms with Crippen molar-refractivity contribution in [2.24, 2.45) is 4.99 Å². The van der Waals surface area contributed by atoms with Crippen LogP contribution in [0, 0.1) is 24.6 Å². The van der Waals surface area contributed by atoms with Crippen LogP contribution in [0.2, 0.25) is 0 Å². The Morgan fingerprint density at radius 3 is 2.37 bits per heavy atom. The van der Waals surface area contributed by atoms with Crippen molar-refractivity contribution in [2.45, 2.75) is 39.5 Å². The quantitative estimate of drug-likeness (QED) is 0.187. The molecule has 3 aromatic rings. The van der Waals surface area contributed by atoms with Gasteiger partial charge in [-0.2, -0.15) is 4.99 Å². The van der Waals surface area contributed by atoms with Crippen LogP contribution in [0.15, 0.2) is 59.7 Å². The van der Waals surface area contributed by atoms with E-state index in [-0.39, 0.29) is 11.4 Å². The molecule has 3 rings (SSSR count). The summed E-state index contributed by atoms with van der Waals surface area (Å²) in [7, 11) is 0. The molecular weight excluding hydrogens is 391 g/mol.